The Bertz CT molecular complexity index is 357. The topological polar surface area (TPSA) is 28.2 Å². The van der Waals surface area contributed by atoms with Crippen LogP contribution in [0.3, 0.4) is 0 Å². The minimum atomic E-state index is 0.727. The van der Waals surface area contributed by atoms with Crippen LogP contribution in [0.4, 0.5) is 5.82 Å². The number of piperidine rings is 1. The number of pyridine rings is 1. The van der Waals surface area contributed by atoms with Crippen molar-refractivity contribution in [3.63, 3.8) is 0 Å². The molecule has 0 unspecified atom stereocenters. The van der Waals surface area contributed by atoms with E-state index >= 15 is 0 Å². The van der Waals surface area contributed by atoms with Gasteiger partial charge in [-0.3, -0.25) is 0 Å². The van der Waals surface area contributed by atoms with Gasteiger partial charge in [0, 0.05) is 31.4 Å². The van der Waals surface area contributed by atoms with Gasteiger partial charge in [-0.2, -0.15) is 0 Å². The van der Waals surface area contributed by atoms with Gasteiger partial charge in [0.25, 0.3) is 0 Å². The number of anilines is 1. The molecule has 2 fully saturated rings. The molecule has 0 amide bonds. The zero-order valence-corrected chi connectivity index (χ0v) is 10.5. The third-order valence-electron chi connectivity index (χ3n) is 4.03. The Kier molecular flexibility index (Phi) is 3.02. The van der Waals surface area contributed by atoms with E-state index in [1.54, 1.807) is 0 Å². The first-order valence-electron chi connectivity index (χ1n) is 6.75. The molecule has 2 aliphatic rings. The van der Waals surface area contributed by atoms with Crippen LogP contribution in [0, 0.1) is 5.92 Å². The zero-order chi connectivity index (χ0) is 11.7. The van der Waals surface area contributed by atoms with Crippen LogP contribution in [0.5, 0.6) is 0 Å². The minimum Gasteiger partial charge on any atom is -0.357 e. The van der Waals surface area contributed by atoms with Crippen molar-refractivity contribution in [1.82, 2.24) is 10.3 Å². The molecule has 1 aromatic rings. The monoisotopic (exact) mass is 231 g/mol. The summed E-state index contributed by atoms with van der Waals surface area (Å²) >= 11 is 0. The fourth-order valence-corrected chi connectivity index (χ4v) is 2.67. The molecule has 2 atom stereocenters. The smallest absolute Gasteiger partial charge is 0.128 e. The molecule has 3 rings (SSSR count). The normalized spacial score (nSPS) is 29.4. The van der Waals surface area contributed by atoms with Gasteiger partial charge in [0.1, 0.15) is 5.82 Å². The summed E-state index contributed by atoms with van der Waals surface area (Å²) in [6, 6.07) is 7.69. The molecule has 1 saturated carbocycles. The number of nitrogens with zero attached hydrogens (tertiary/aromatic N) is 2. The van der Waals surface area contributed by atoms with E-state index in [0.29, 0.717) is 0 Å². The van der Waals surface area contributed by atoms with Gasteiger partial charge in [0.2, 0.25) is 0 Å². The molecule has 0 bridgehead atoms. The summed E-state index contributed by atoms with van der Waals surface area (Å²) in [5.74, 6) is 2.04. The molecule has 1 aliphatic heterocycles. The SMILES string of the molecule is C[C@@H]1C[C@@H]1NC1CCN(c2ccccn2)CC1. The van der Waals surface area contributed by atoms with Crippen LogP contribution >= 0.6 is 0 Å². The molecule has 0 aromatic carbocycles. The molecule has 1 aliphatic carbocycles. The van der Waals surface area contributed by atoms with Crippen molar-refractivity contribution < 1.29 is 0 Å². The van der Waals surface area contributed by atoms with Gasteiger partial charge < -0.3 is 10.2 Å². The number of hydrogen-bond donors (Lipinski definition) is 1. The van der Waals surface area contributed by atoms with E-state index in [1.165, 1.54) is 19.3 Å². The number of hydrogen-bond acceptors (Lipinski definition) is 3. The largest absolute Gasteiger partial charge is 0.357 e. The van der Waals surface area contributed by atoms with Crippen molar-refractivity contribution in [3.8, 4) is 0 Å². The fourth-order valence-electron chi connectivity index (χ4n) is 2.67. The third-order valence-corrected chi connectivity index (χ3v) is 4.03. The van der Waals surface area contributed by atoms with E-state index < -0.39 is 0 Å². The predicted molar refractivity (Wildman–Crippen MR) is 70.2 cm³/mol. The van der Waals surface area contributed by atoms with Gasteiger partial charge in [-0.15, -0.1) is 0 Å². The van der Waals surface area contributed by atoms with Crippen molar-refractivity contribution >= 4 is 5.82 Å². The maximum absolute atomic E-state index is 4.42. The van der Waals surface area contributed by atoms with E-state index in [1.807, 2.05) is 12.3 Å². The average Bonchev–Trinajstić information content (AvgIpc) is 3.07. The summed E-state index contributed by atoms with van der Waals surface area (Å²) in [6.45, 7) is 4.60. The van der Waals surface area contributed by atoms with Crippen LogP contribution < -0.4 is 10.2 Å². The third kappa shape index (κ3) is 2.60. The van der Waals surface area contributed by atoms with Crippen molar-refractivity contribution in [2.45, 2.75) is 38.3 Å². The standard InChI is InChI=1S/C14H21N3/c1-11-10-13(11)16-12-5-8-17(9-6-12)14-4-2-3-7-15-14/h2-4,7,11-13,16H,5-6,8-10H2,1H3/t11-,13+/m1/s1. The van der Waals surface area contributed by atoms with E-state index in [4.69, 9.17) is 0 Å². The highest BCUT2D eigenvalue weighted by Crippen LogP contribution is 2.30. The van der Waals surface area contributed by atoms with Crippen LogP contribution in [-0.2, 0) is 0 Å². The summed E-state index contributed by atoms with van der Waals surface area (Å²) < 4.78 is 0. The highest BCUT2D eigenvalue weighted by molar-refractivity contribution is 5.38. The Hall–Kier alpha value is -1.09. The maximum atomic E-state index is 4.42. The van der Waals surface area contributed by atoms with Crippen LogP contribution in [-0.4, -0.2) is 30.2 Å². The van der Waals surface area contributed by atoms with Crippen molar-refractivity contribution in [2.24, 2.45) is 5.92 Å². The maximum Gasteiger partial charge on any atom is 0.128 e. The van der Waals surface area contributed by atoms with E-state index in [-0.39, 0.29) is 0 Å². The second kappa shape index (κ2) is 4.65. The summed E-state index contributed by atoms with van der Waals surface area (Å²) in [6.07, 6.45) is 5.76. The van der Waals surface area contributed by atoms with Crippen molar-refractivity contribution in [1.29, 1.82) is 0 Å². The van der Waals surface area contributed by atoms with E-state index in [9.17, 15) is 0 Å². The van der Waals surface area contributed by atoms with Crippen LogP contribution in [0.25, 0.3) is 0 Å². The average molecular weight is 231 g/mol. The van der Waals surface area contributed by atoms with E-state index in [0.717, 1.165) is 36.9 Å². The Morgan fingerprint density at radius 2 is 2.06 bits per heavy atom. The highest BCUT2D eigenvalue weighted by atomic mass is 15.2. The lowest BCUT2D eigenvalue weighted by Crippen LogP contribution is -2.43. The van der Waals surface area contributed by atoms with Gasteiger partial charge in [-0.1, -0.05) is 13.0 Å². The Morgan fingerprint density at radius 1 is 1.29 bits per heavy atom. The lowest BCUT2D eigenvalue weighted by Gasteiger charge is -2.33. The van der Waals surface area contributed by atoms with Crippen LogP contribution in [0.2, 0.25) is 0 Å². The second-order valence-electron chi connectivity index (χ2n) is 5.44. The minimum absolute atomic E-state index is 0.727. The number of nitrogens with one attached hydrogen (secondary N) is 1. The number of aromatic nitrogens is 1. The lowest BCUT2D eigenvalue weighted by atomic mass is 10.0. The summed E-state index contributed by atoms with van der Waals surface area (Å²) in [5, 5.41) is 3.77. The van der Waals surface area contributed by atoms with E-state index in [2.05, 4.69) is 34.3 Å². The molecule has 0 radical (unpaired) electrons. The zero-order valence-electron chi connectivity index (χ0n) is 10.5. The first-order valence-corrected chi connectivity index (χ1v) is 6.75. The Morgan fingerprint density at radius 3 is 2.65 bits per heavy atom. The van der Waals surface area contributed by atoms with Gasteiger partial charge in [-0.25, -0.2) is 4.98 Å². The summed E-state index contributed by atoms with van der Waals surface area (Å²) in [7, 11) is 0. The Labute approximate surface area is 103 Å². The second-order valence-corrected chi connectivity index (χ2v) is 5.44. The summed E-state index contributed by atoms with van der Waals surface area (Å²) in [4.78, 5) is 6.82. The molecule has 0 spiro atoms. The molecule has 2 heterocycles. The molecule has 1 saturated heterocycles. The van der Waals surface area contributed by atoms with Gasteiger partial charge in [0.05, 0.1) is 0 Å². The van der Waals surface area contributed by atoms with Crippen LogP contribution in [0.15, 0.2) is 24.4 Å². The summed E-state index contributed by atoms with van der Waals surface area (Å²) in [5.41, 5.74) is 0. The van der Waals surface area contributed by atoms with Gasteiger partial charge in [0.15, 0.2) is 0 Å². The molecular formula is C14H21N3. The molecular weight excluding hydrogens is 210 g/mol. The molecule has 1 aromatic heterocycles. The first-order chi connectivity index (χ1) is 8.33. The fraction of sp³-hybridized carbons (Fsp3) is 0.643. The number of rotatable bonds is 3. The molecule has 92 valence electrons. The van der Waals surface area contributed by atoms with Crippen molar-refractivity contribution in [2.75, 3.05) is 18.0 Å². The first kappa shape index (κ1) is 11.0. The van der Waals surface area contributed by atoms with Gasteiger partial charge >= 0.3 is 0 Å². The Balaban J connectivity index is 1.50. The molecule has 3 nitrogen and oxygen atoms in total. The predicted octanol–water partition coefficient (Wildman–Crippen LogP) is 2.05. The van der Waals surface area contributed by atoms with Gasteiger partial charge in [-0.05, 0) is 37.3 Å². The molecule has 17 heavy (non-hydrogen) atoms. The molecule has 3 heteroatoms. The molecule has 1 N–H and O–H groups in total. The van der Waals surface area contributed by atoms with Crippen LogP contribution in [0.1, 0.15) is 26.2 Å². The highest BCUT2D eigenvalue weighted by Gasteiger charge is 2.34. The lowest BCUT2D eigenvalue weighted by molar-refractivity contribution is 0.405. The van der Waals surface area contributed by atoms with Crippen molar-refractivity contribution in [3.05, 3.63) is 24.4 Å². The quantitative estimate of drug-likeness (QED) is 0.863.